The first-order valence-corrected chi connectivity index (χ1v) is 6.28. The molecule has 0 unspecified atom stereocenters. The number of hydrogen-bond acceptors (Lipinski definition) is 5. The van der Waals surface area contributed by atoms with Crippen LogP contribution in [0.15, 0.2) is 36.5 Å². The number of pyridine rings is 1. The number of rotatable bonds is 4. The van der Waals surface area contributed by atoms with Gasteiger partial charge >= 0.3 is 0 Å². The Morgan fingerprint density at radius 2 is 2.29 bits per heavy atom. The normalized spacial score (nSPS) is 9.71. The van der Waals surface area contributed by atoms with Crippen LogP contribution in [0, 0.1) is 11.3 Å². The summed E-state index contributed by atoms with van der Waals surface area (Å²) in [5.74, 6) is -0.401. The fourth-order valence-corrected chi connectivity index (χ4v) is 1.71. The zero-order chi connectivity index (χ0) is 15.2. The Hall–Kier alpha value is -3.07. The molecular weight excluding hydrogens is 270 g/mol. The largest absolute Gasteiger partial charge is 0.506 e. The second-order valence-electron chi connectivity index (χ2n) is 4.09. The zero-order valence-corrected chi connectivity index (χ0v) is 11.3. The summed E-state index contributed by atoms with van der Waals surface area (Å²) in [4.78, 5) is 16.2. The van der Waals surface area contributed by atoms with E-state index in [2.05, 4.69) is 10.3 Å². The average Bonchev–Trinajstić information content (AvgIpc) is 2.50. The maximum Gasteiger partial charge on any atom is 0.261 e. The van der Waals surface area contributed by atoms with Crippen LogP contribution in [0.25, 0.3) is 0 Å². The molecule has 0 aliphatic carbocycles. The van der Waals surface area contributed by atoms with Crippen molar-refractivity contribution >= 4 is 11.6 Å². The smallest absolute Gasteiger partial charge is 0.261 e. The van der Waals surface area contributed by atoms with E-state index in [0.29, 0.717) is 12.2 Å². The Bertz CT molecular complexity index is 708. The first-order chi connectivity index (χ1) is 10.2. The Morgan fingerprint density at radius 1 is 1.48 bits per heavy atom. The van der Waals surface area contributed by atoms with Crippen LogP contribution >= 0.6 is 0 Å². The lowest BCUT2D eigenvalue weighted by Gasteiger charge is -2.10. The summed E-state index contributed by atoms with van der Waals surface area (Å²) in [6.45, 7) is 2.18. The molecule has 2 rings (SSSR count). The summed E-state index contributed by atoms with van der Waals surface area (Å²) in [6, 6.07) is 9.34. The summed E-state index contributed by atoms with van der Waals surface area (Å²) in [7, 11) is 0. The van der Waals surface area contributed by atoms with Crippen molar-refractivity contribution in [3.05, 3.63) is 47.7 Å². The SMILES string of the molecule is CCOc1ncccc1C(=O)Nc1ccc(C#N)cc1O. The van der Waals surface area contributed by atoms with E-state index in [1.165, 1.54) is 24.4 Å². The molecule has 1 amide bonds. The molecule has 0 saturated carbocycles. The highest BCUT2D eigenvalue weighted by Crippen LogP contribution is 2.25. The van der Waals surface area contributed by atoms with Crippen LogP contribution in [-0.4, -0.2) is 22.6 Å². The van der Waals surface area contributed by atoms with Crippen molar-refractivity contribution in [2.24, 2.45) is 0 Å². The van der Waals surface area contributed by atoms with Gasteiger partial charge in [0.05, 0.1) is 23.9 Å². The average molecular weight is 283 g/mol. The van der Waals surface area contributed by atoms with E-state index in [9.17, 15) is 9.90 Å². The Labute approximate surface area is 121 Å². The quantitative estimate of drug-likeness (QED) is 0.839. The number of nitriles is 1. The molecule has 6 nitrogen and oxygen atoms in total. The second-order valence-corrected chi connectivity index (χ2v) is 4.09. The Balaban J connectivity index is 2.24. The number of phenols is 1. The maximum atomic E-state index is 12.2. The Kier molecular flexibility index (Phi) is 4.36. The molecule has 106 valence electrons. The number of nitrogens with zero attached hydrogens (tertiary/aromatic N) is 2. The van der Waals surface area contributed by atoms with Gasteiger partial charge in [0.1, 0.15) is 11.3 Å². The predicted molar refractivity (Wildman–Crippen MR) is 76.2 cm³/mol. The summed E-state index contributed by atoms with van der Waals surface area (Å²) in [6.07, 6.45) is 1.53. The monoisotopic (exact) mass is 283 g/mol. The molecule has 1 aromatic carbocycles. The molecule has 1 aromatic heterocycles. The molecule has 0 fully saturated rings. The van der Waals surface area contributed by atoms with Gasteiger partial charge in [-0.1, -0.05) is 0 Å². The van der Waals surface area contributed by atoms with Gasteiger partial charge in [-0.05, 0) is 37.3 Å². The summed E-state index contributed by atoms with van der Waals surface area (Å²) >= 11 is 0. The Morgan fingerprint density at radius 3 is 2.95 bits per heavy atom. The number of anilines is 1. The lowest BCUT2D eigenvalue weighted by atomic mass is 10.2. The van der Waals surface area contributed by atoms with Crippen LogP contribution in [0.3, 0.4) is 0 Å². The van der Waals surface area contributed by atoms with Gasteiger partial charge in [-0.25, -0.2) is 4.98 Å². The molecule has 0 radical (unpaired) electrons. The van der Waals surface area contributed by atoms with Crippen LogP contribution < -0.4 is 10.1 Å². The highest BCUT2D eigenvalue weighted by Gasteiger charge is 2.15. The van der Waals surface area contributed by atoms with Crippen LogP contribution in [0.1, 0.15) is 22.8 Å². The number of aromatic nitrogens is 1. The maximum absolute atomic E-state index is 12.2. The topological polar surface area (TPSA) is 95.2 Å². The van der Waals surface area contributed by atoms with Gasteiger partial charge in [-0.2, -0.15) is 5.26 Å². The molecule has 6 heteroatoms. The third kappa shape index (κ3) is 3.28. The minimum atomic E-state index is -0.452. The molecule has 1 heterocycles. The van der Waals surface area contributed by atoms with Gasteiger partial charge in [-0.3, -0.25) is 4.79 Å². The molecule has 0 spiro atoms. The van der Waals surface area contributed by atoms with Crippen LogP contribution in [0.4, 0.5) is 5.69 Å². The molecule has 2 N–H and O–H groups in total. The lowest BCUT2D eigenvalue weighted by Crippen LogP contribution is -2.14. The van der Waals surface area contributed by atoms with E-state index in [1.807, 2.05) is 6.07 Å². The highest BCUT2D eigenvalue weighted by molar-refractivity contribution is 6.06. The first-order valence-electron chi connectivity index (χ1n) is 6.28. The van der Waals surface area contributed by atoms with Crippen molar-refractivity contribution in [2.75, 3.05) is 11.9 Å². The lowest BCUT2D eigenvalue weighted by molar-refractivity contribution is 0.102. The van der Waals surface area contributed by atoms with Crippen LogP contribution in [-0.2, 0) is 0 Å². The highest BCUT2D eigenvalue weighted by atomic mass is 16.5. The fourth-order valence-electron chi connectivity index (χ4n) is 1.71. The van der Waals surface area contributed by atoms with Crippen molar-refractivity contribution < 1.29 is 14.6 Å². The number of hydrogen-bond donors (Lipinski definition) is 2. The third-order valence-corrected chi connectivity index (χ3v) is 2.67. The molecule has 0 bridgehead atoms. The summed E-state index contributed by atoms with van der Waals surface area (Å²) < 4.78 is 5.29. The van der Waals surface area contributed by atoms with Crippen molar-refractivity contribution in [1.29, 1.82) is 5.26 Å². The van der Waals surface area contributed by atoms with E-state index in [0.717, 1.165) is 0 Å². The molecule has 21 heavy (non-hydrogen) atoms. The van der Waals surface area contributed by atoms with Crippen molar-refractivity contribution in [3.8, 4) is 17.7 Å². The van der Waals surface area contributed by atoms with Gasteiger partial charge in [0.15, 0.2) is 0 Å². The second kappa shape index (κ2) is 6.39. The summed E-state index contributed by atoms with van der Waals surface area (Å²) in [5, 5.41) is 21.1. The van der Waals surface area contributed by atoms with Crippen molar-refractivity contribution in [2.45, 2.75) is 6.92 Å². The number of ether oxygens (including phenoxy) is 1. The number of benzene rings is 1. The zero-order valence-electron chi connectivity index (χ0n) is 11.3. The van der Waals surface area contributed by atoms with E-state index in [1.54, 1.807) is 19.1 Å². The minimum Gasteiger partial charge on any atom is -0.506 e. The standard InChI is InChI=1S/C15H13N3O3/c1-2-21-15-11(4-3-7-17-15)14(20)18-12-6-5-10(9-16)8-13(12)19/h3-8,19H,2H2,1H3,(H,18,20). The van der Waals surface area contributed by atoms with Gasteiger partial charge in [-0.15, -0.1) is 0 Å². The number of carbonyl (C=O) groups excluding carboxylic acids is 1. The van der Waals surface area contributed by atoms with E-state index < -0.39 is 5.91 Å². The van der Waals surface area contributed by atoms with E-state index in [-0.39, 0.29) is 22.9 Å². The van der Waals surface area contributed by atoms with E-state index >= 15 is 0 Å². The van der Waals surface area contributed by atoms with E-state index in [4.69, 9.17) is 10.00 Å². The molecular formula is C15H13N3O3. The van der Waals surface area contributed by atoms with Crippen molar-refractivity contribution in [3.63, 3.8) is 0 Å². The first kappa shape index (κ1) is 14.3. The molecule has 0 saturated heterocycles. The summed E-state index contributed by atoms with van der Waals surface area (Å²) in [5.41, 5.74) is 0.787. The van der Waals surface area contributed by atoms with Gasteiger partial charge in [0.2, 0.25) is 5.88 Å². The minimum absolute atomic E-state index is 0.177. The molecule has 2 aromatic rings. The number of aromatic hydroxyl groups is 1. The number of nitrogens with one attached hydrogen (secondary N) is 1. The molecule has 0 atom stereocenters. The number of carbonyl (C=O) groups is 1. The van der Waals surface area contributed by atoms with Crippen molar-refractivity contribution in [1.82, 2.24) is 4.98 Å². The van der Waals surface area contributed by atoms with Gasteiger partial charge in [0.25, 0.3) is 5.91 Å². The fraction of sp³-hybridized carbons (Fsp3) is 0.133. The number of amides is 1. The van der Waals surface area contributed by atoms with Crippen LogP contribution in [0.2, 0.25) is 0 Å². The van der Waals surface area contributed by atoms with Crippen LogP contribution in [0.5, 0.6) is 11.6 Å². The predicted octanol–water partition coefficient (Wildman–Crippen LogP) is 2.31. The van der Waals surface area contributed by atoms with Gasteiger partial charge < -0.3 is 15.2 Å². The molecule has 0 aliphatic rings. The number of phenolic OH excluding ortho intramolecular Hbond substituents is 1. The van der Waals surface area contributed by atoms with Gasteiger partial charge in [0, 0.05) is 6.20 Å². The molecule has 0 aliphatic heterocycles. The third-order valence-electron chi connectivity index (χ3n) is 2.67.